The number of piperidine rings is 1. The molecule has 1 heterocycles. The van der Waals surface area contributed by atoms with Crippen molar-refractivity contribution >= 4 is 12.1 Å². The summed E-state index contributed by atoms with van der Waals surface area (Å²) in [6.07, 6.45) is 3.62. The molecule has 5 nitrogen and oxygen atoms in total. The largest absolute Gasteiger partial charge is 0.460 e. The highest BCUT2D eigenvalue weighted by molar-refractivity contribution is 5.71. The Balaban J connectivity index is 2.66. The molecule has 1 amide bonds. The summed E-state index contributed by atoms with van der Waals surface area (Å²) in [6, 6.07) is 0.184. The Morgan fingerprint density at radius 1 is 1.00 bits per heavy atom. The van der Waals surface area contributed by atoms with E-state index in [-0.39, 0.29) is 24.1 Å². The third-order valence-corrected chi connectivity index (χ3v) is 3.73. The van der Waals surface area contributed by atoms with Crippen molar-refractivity contribution in [1.29, 1.82) is 0 Å². The molecule has 134 valence electrons. The normalized spacial score (nSPS) is 22.7. The zero-order valence-electron chi connectivity index (χ0n) is 15.8. The van der Waals surface area contributed by atoms with Gasteiger partial charge in [0.15, 0.2) is 0 Å². The lowest BCUT2D eigenvalue weighted by Gasteiger charge is -2.41. The Labute approximate surface area is 140 Å². The number of ether oxygens (including phenoxy) is 2. The van der Waals surface area contributed by atoms with Gasteiger partial charge in [0, 0.05) is 18.5 Å². The van der Waals surface area contributed by atoms with E-state index in [2.05, 4.69) is 0 Å². The van der Waals surface area contributed by atoms with Gasteiger partial charge in [-0.15, -0.1) is 0 Å². The summed E-state index contributed by atoms with van der Waals surface area (Å²) >= 11 is 0. The third kappa shape index (κ3) is 7.23. The fourth-order valence-electron chi connectivity index (χ4n) is 2.89. The van der Waals surface area contributed by atoms with Gasteiger partial charge in [-0.1, -0.05) is 0 Å². The number of amides is 1. The molecule has 0 radical (unpaired) electrons. The summed E-state index contributed by atoms with van der Waals surface area (Å²) in [4.78, 5) is 26.2. The van der Waals surface area contributed by atoms with Crippen LogP contribution in [0.3, 0.4) is 0 Å². The molecule has 1 aliphatic heterocycles. The maximum atomic E-state index is 12.5. The van der Waals surface area contributed by atoms with Crippen LogP contribution in [0.25, 0.3) is 0 Å². The summed E-state index contributed by atoms with van der Waals surface area (Å²) in [7, 11) is 0. The SMILES string of the molecule is CC1CCCC(CCC(=O)OC(C)(C)C)N1C(=O)OC(C)(C)C. The van der Waals surface area contributed by atoms with Gasteiger partial charge in [0.25, 0.3) is 0 Å². The average molecular weight is 327 g/mol. The van der Waals surface area contributed by atoms with E-state index >= 15 is 0 Å². The highest BCUT2D eigenvalue weighted by atomic mass is 16.6. The number of hydrogen-bond acceptors (Lipinski definition) is 4. The maximum absolute atomic E-state index is 12.5. The second kappa shape index (κ2) is 7.54. The molecule has 0 spiro atoms. The number of hydrogen-bond donors (Lipinski definition) is 0. The zero-order chi connectivity index (χ0) is 17.8. The van der Waals surface area contributed by atoms with Gasteiger partial charge in [-0.25, -0.2) is 4.79 Å². The van der Waals surface area contributed by atoms with Gasteiger partial charge >= 0.3 is 12.1 Å². The van der Waals surface area contributed by atoms with E-state index in [0.29, 0.717) is 12.8 Å². The summed E-state index contributed by atoms with van der Waals surface area (Å²) in [5.41, 5.74) is -0.980. The van der Waals surface area contributed by atoms with Crippen LogP contribution in [0, 0.1) is 0 Å². The van der Waals surface area contributed by atoms with Crippen LogP contribution in [-0.4, -0.2) is 40.2 Å². The van der Waals surface area contributed by atoms with Crippen molar-refractivity contribution in [2.75, 3.05) is 0 Å². The van der Waals surface area contributed by atoms with Crippen molar-refractivity contribution in [3.05, 3.63) is 0 Å². The Morgan fingerprint density at radius 3 is 2.09 bits per heavy atom. The van der Waals surface area contributed by atoms with Crippen LogP contribution in [-0.2, 0) is 14.3 Å². The summed E-state index contributed by atoms with van der Waals surface area (Å²) in [5, 5.41) is 0. The fourth-order valence-corrected chi connectivity index (χ4v) is 2.89. The molecule has 0 saturated carbocycles. The number of nitrogens with zero attached hydrogens (tertiary/aromatic N) is 1. The van der Waals surface area contributed by atoms with Crippen molar-refractivity contribution in [3.63, 3.8) is 0 Å². The summed E-state index contributed by atoms with van der Waals surface area (Å²) < 4.78 is 10.9. The minimum absolute atomic E-state index is 0.0427. The molecular formula is C18H33NO4. The first-order valence-corrected chi connectivity index (χ1v) is 8.62. The Bertz CT molecular complexity index is 420. The van der Waals surface area contributed by atoms with E-state index in [4.69, 9.17) is 9.47 Å². The lowest BCUT2D eigenvalue weighted by atomic mass is 9.94. The molecule has 1 aliphatic rings. The molecule has 0 bridgehead atoms. The fraction of sp³-hybridized carbons (Fsp3) is 0.889. The van der Waals surface area contributed by atoms with E-state index < -0.39 is 11.2 Å². The predicted octanol–water partition coefficient (Wildman–Crippen LogP) is 4.29. The summed E-state index contributed by atoms with van der Waals surface area (Å²) in [6.45, 7) is 13.2. The molecule has 0 aromatic heterocycles. The smallest absolute Gasteiger partial charge is 0.410 e. The van der Waals surface area contributed by atoms with Gasteiger partial charge < -0.3 is 14.4 Å². The molecule has 2 atom stereocenters. The molecule has 0 aromatic carbocycles. The highest BCUT2D eigenvalue weighted by Gasteiger charge is 2.35. The van der Waals surface area contributed by atoms with E-state index in [1.54, 1.807) is 0 Å². The van der Waals surface area contributed by atoms with Crippen molar-refractivity contribution in [2.45, 2.75) is 104 Å². The first-order valence-electron chi connectivity index (χ1n) is 8.62. The minimum atomic E-state index is -0.510. The number of carbonyl (C=O) groups excluding carboxylic acids is 2. The molecule has 23 heavy (non-hydrogen) atoms. The van der Waals surface area contributed by atoms with Crippen LogP contribution in [0.1, 0.15) is 80.6 Å². The van der Waals surface area contributed by atoms with Crippen molar-refractivity contribution < 1.29 is 19.1 Å². The maximum Gasteiger partial charge on any atom is 0.410 e. The molecule has 1 saturated heterocycles. The van der Waals surface area contributed by atoms with Crippen LogP contribution in [0.4, 0.5) is 4.79 Å². The van der Waals surface area contributed by atoms with Crippen LogP contribution in [0.2, 0.25) is 0 Å². The second-order valence-corrected chi connectivity index (χ2v) is 8.45. The van der Waals surface area contributed by atoms with Crippen molar-refractivity contribution in [3.8, 4) is 0 Å². The predicted molar refractivity (Wildman–Crippen MR) is 90.3 cm³/mol. The Hall–Kier alpha value is -1.26. The average Bonchev–Trinajstić information content (AvgIpc) is 2.31. The van der Waals surface area contributed by atoms with Crippen LogP contribution in [0.15, 0.2) is 0 Å². The second-order valence-electron chi connectivity index (χ2n) is 8.45. The van der Waals surface area contributed by atoms with Gasteiger partial charge in [0.2, 0.25) is 0 Å². The number of likely N-dealkylation sites (tertiary alicyclic amines) is 1. The van der Waals surface area contributed by atoms with Gasteiger partial charge in [-0.2, -0.15) is 0 Å². The van der Waals surface area contributed by atoms with Gasteiger partial charge in [-0.05, 0) is 74.1 Å². The monoisotopic (exact) mass is 327 g/mol. The molecule has 0 aliphatic carbocycles. The van der Waals surface area contributed by atoms with Gasteiger partial charge in [-0.3, -0.25) is 4.79 Å². The van der Waals surface area contributed by atoms with Crippen molar-refractivity contribution in [1.82, 2.24) is 4.90 Å². The number of rotatable bonds is 3. The molecular weight excluding hydrogens is 294 g/mol. The quantitative estimate of drug-likeness (QED) is 0.726. The Morgan fingerprint density at radius 2 is 1.57 bits per heavy atom. The summed E-state index contributed by atoms with van der Waals surface area (Å²) in [5.74, 6) is -0.208. The first kappa shape index (κ1) is 19.8. The molecule has 1 fully saturated rings. The van der Waals surface area contributed by atoms with Crippen LogP contribution < -0.4 is 0 Å². The zero-order valence-corrected chi connectivity index (χ0v) is 15.8. The molecule has 0 aromatic rings. The van der Waals surface area contributed by atoms with Crippen molar-refractivity contribution in [2.24, 2.45) is 0 Å². The number of esters is 1. The van der Waals surface area contributed by atoms with Gasteiger partial charge in [0.05, 0.1) is 0 Å². The van der Waals surface area contributed by atoms with E-state index in [1.165, 1.54) is 0 Å². The third-order valence-electron chi connectivity index (χ3n) is 3.73. The molecule has 1 rings (SSSR count). The molecule has 5 heteroatoms. The lowest BCUT2D eigenvalue weighted by molar-refractivity contribution is -0.155. The van der Waals surface area contributed by atoms with Crippen LogP contribution >= 0.6 is 0 Å². The van der Waals surface area contributed by atoms with E-state index in [1.807, 2.05) is 53.4 Å². The van der Waals surface area contributed by atoms with E-state index in [9.17, 15) is 9.59 Å². The first-order chi connectivity index (χ1) is 10.4. The Kier molecular flexibility index (Phi) is 6.49. The van der Waals surface area contributed by atoms with Crippen LogP contribution in [0.5, 0.6) is 0 Å². The van der Waals surface area contributed by atoms with Gasteiger partial charge in [0.1, 0.15) is 11.2 Å². The topological polar surface area (TPSA) is 55.8 Å². The minimum Gasteiger partial charge on any atom is -0.460 e. The lowest BCUT2D eigenvalue weighted by Crippen LogP contribution is -2.50. The molecule has 0 N–H and O–H groups in total. The molecule has 2 unspecified atom stereocenters. The number of carbonyl (C=O) groups is 2. The van der Waals surface area contributed by atoms with E-state index in [0.717, 1.165) is 19.3 Å². The standard InChI is InChI=1S/C18H33NO4/c1-13-9-8-10-14(11-12-15(20)22-17(2,3)4)19(13)16(21)23-18(5,6)7/h13-14H,8-12H2,1-7H3. The highest BCUT2D eigenvalue weighted by Crippen LogP contribution is 2.28.